The van der Waals surface area contributed by atoms with E-state index in [2.05, 4.69) is 27.8 Å². The summed E-state index contributed by atoms with van der Waals surface area (Å²) in [6.45, 7) is 8.11. The third-order valence-corrected chi connectivity index (χ3v) is 2.84. The van der Waals surface area contributed by atoms with E-state index in [-0.39, 0.29) is 5.91 Å². The average Bonchev–Trinajstić information content (AvgIpc) is 2.18. The van der Waals surface area contributed by atoms with Gasteiger partial charge in [0.05, 0.1) is 0 Å². The van der Waals surface area contributed by atoms with Crippen LogP contribution >= 0.6 is 15.9 Å². The standard InChI is InChI=1S/C12H14BrNO/c1-8(2)7-14-12(15)10-5-4-9(3)11(13)6-10/h4-6H,1,7H2,2-3H3,(H,14,15). The fraction of sp³-hybridized carbons (Fsp3) is 0.250. The van der Waals surface area contributed by atoms with Crippen molar-refractivity contribution in [2.75, 3.05) is 6.54 Å². The first-order valence-electron chi connectivity index (χ1n) is 4.69. The van der Waals surface area contributed by atoms with Gasteiger partial charge in [0.25, 0.3) is 5.91 Å². The normalized spacial score (nSPS) is 9.80. The highest BCUT2D eigenvalue weighted by Crippen LogP contribution is 2.17. The Morgan fingerprint density at radius 2 is 2.20 bits per heavy atom. The van der Waals surface area contributed by atoms with Crippen molar-refractivity contribution in [3.63, 3.8) is 0 Å². The molecular formula is C12H14BrNO. The van der Waals surface area contributed by atoms with Crippen molar-refractivity contribution in [2.24, 2.45) is 0 Å². The van der Waals surface area contributed by atoms with Crippen LogP contribution < -0.4 is 5.32 Å². The molecule has 1 amide bonds. The Kier molecular flexibility index (Phi) is 4.09. The molecule has 0 atom stereocenters. The maximum absolute atomic E-state index is 11.6. The average molecular weight is 268 g/mol. The number of rotatable bonds is 3. The van der Waals surface area contributed by atoms with Gasteiger partial charge in [-0.1, -0.05) is 34.1 Å². The van der Waals surface area contributed by atoms with Crippen LogP contribution in [0.3, 0.4) is 0 Å². The molecule has 0 aliphatic heterocycles. The highest BCUT2D eigenvalue weighted by molar-refractivity contribution is 9.10. The molecule has 0 bridgehead atoms. The molecule has 1 aromatic rings. The van der Waals surface area contributed by atoms with Gasteiger partial charge in [-0.15, -0.1) is 0 Å². The Bertz CT molecular complexity index is 399. The van der Waals surface area contributed by atoms with Crippen molar-refractivity contribution in [1.29, 1.82) is 0 Å². The smallest absolute Gasteiger partial charge is 0.251 e. The molecule has 1 N–H and O–H groups in total. The molecule has 0 saturated carbocycles. The topological polar surface area (TPSA) is 29.1 Å². The molecule has 0 aliphatic carbocycles. The zero-order chi connectivity index (χ0) is 11.4. The summed E-state index contributed by atoms with van der Waals surface area (Å²) in [4.78, 5) is 11.6. The Hall–Kier alpha value is -1.09. The first kappa shape index (κ1) is 12.0. The molecule has 15 heavy (non-hydrogen) atoms. The van der Waals surface area contributed by atoms with Crippen molar-refractivity contribution in [1.82, 2.24) is 5.32 Å². The van der Waals surface area contributed by atoms with Crippen molar-refractivity contribution in [2.45, 2.75) is 13.8 Å². The first-order valence-corrected chi connectivity index (χ1v) is 5.48. The first-order chi connectivity index (χ1) is 7.00. The molecule has 0 aliphatic rings. The summed E-state index contributed by atoms with van der Waals surface area (Å²) in [6, 6.07) is 5.55. The predicted octanol–water partition coefficient (Wildman–Crippen LogP) is 3.06. The van der Waals surface area contributed by atoms with Gasteiger partial charge in [0.2, 0.25) is 0 Å². The van der Waals surface area contributed by atoms with E-state index < -0.39 is 0 Å². The van der Waals surface area contributed by atoms with E-state index in [9.17, 15) is 4.79 Å². The van der Waals surface area contributed by atoms with Crippen LogP contribution in [-0.2, 0) is 0 Å². The lowest BCUT2D eigenvalue weighted by Gasteiger charge is -2.06. The SMILES string of the molecule is C=C(C)CNC(=O)c1ccc(C)c(Br)c1. The minimum atomic E-state index is -0.0706. The fourth-order valence-electron chi connectivity index (χ4n) is 1.07. The molecule has 0 saturated heterocycles. The Morgan fingerprint density at radius 1 is 1.53 bits per heavy atom. The predicted molar refractivity (Wildman–Crippen MR) is 66.0 cm³/mol. The molecule has 0 spiro atoms. The summed E-state index contributed by atoms with van der Waals surface area (Å²) < 4.78 is 0.950. The summed E-state index contributed by atoms with van der Waals surface area (Å²) in [5.74, 6) is -0.0706. The highest BCUT2D eigenvalue weighted by Gasteiger charge is 2.05. The van der Waals surface area contributed by atoms with E-state index in [1.165, 1.54) is 0 Å². The number of amides is 1. The number of nitrogens with one attached hydrogen (secondary N) is 1. The van der Waals surface area contributed by atoms with Crippen LogP contribution in [0.15, 0.2) is 34.8 Å². The van der Waals surface area contributed by atoms with E-state index in [1.54, 1.807) is 0 Å². The van der Waals surface area contributed by atoms with Gasteiger partial charge in [0.15, 0.2) is 0 Å². The summed E-state index contributed by atoms with van der Waals surface area (Å²) in [6.07, 6.45) is 0. The summed E-state index contributed by atoms with van der Waals surface area (Å²) in [5, 5.41) is 2.79. The number of halogens is 1. The third kappa shape index (κ3) is 3.51. The van der Waals surface area contributed by atoms with Gasteiger partial charge in [-0.05, 0) is 31.5 Å². The van der Waals surface area contributed by atoms with Crippen molar-refractivity contribution >= 4 is 21.8 Å². The Morgan fingerprint density at radius 3 is 2.73 bits per heavy atom. The number of hydrogen-bond donors (Lipinski definition) is 1. The monoisotopic (exact) mass is 267 g/mol. The second kappa shape index (κ2) is 5.12. The van der Waals surface area contributed by atoms with Gasteiger partial charge in [-0.2, -0.15) is 0 Å². The number of benzene rings is 1. The van der Waals surface area contributed by atoms with Crippen LogP contribution in [-0.4, -0.2) is 12.5 Å². The Balaban J connectivity index is 2.74. The maximum atomic E-state index is 11.6. The fourth-order valence-corrected chi connectivity index (χ4v) is 1.45. The molecule has 0 heterocycles. The molecular weight excluding hydrogens is 254 g/mol. The second-order valence-corrected chi connectivity index (χ2v) is 4.46. The molecule has 0 unspecified atom stereocenters. The minimum absolute atomic E-state index is 0.0706. The quantitative estimate of drug-likeness (QED) is 0.839. The van der Waals surface area contributed by atoms with Gasteiger partial charge in [-0.3, -0.25) is 4.79 Å². The number of hydrogen-bond acceptors (Lipinski definition) is 1. The molecule has 1 rings (SSSR count). The molecule has 0 radical (unpaired) electrons. The lowest BCUT2D eigenvalue weighted by atomic mass is 10.1. The van der Waals surface area contributed by atoms with Crippen molar-refractivity contribution < 1.29 is 4.79 Å². The summed E-state index contributed by atoms with van der Waals surface area (Å²) in [7, 11) is 0. The minimum Gasteiger partial charge on any atom is -0.348 e. The lowest BCUT2D eigenvalue weighted by Crippen LogP contribution is -2.24. The molecule has 0 aromatic heterocycles. The van der Waals surface area contributed by atoms with Gasteiger partial charge in [0, 0.05) is 16.6 Å². The number of carbonyl (C=O) groups excluding carboxylic acids is 1. The molecule has 2 nitrogen and oxygen atoms in total. The van der Waals surface area contributed by atoms with Crippen LogP contribution in [0.2, 0.25) is 0 Å². The molecule has 80 valence electrons. The Labute approximate surface area is 98.5 Å². The largest absolute Gasteiger partial charge is 0.348 e. The van der Waals surface area contributed by atoms with Crippen LogP contribution in [0.25, 0.3) is 0 Å². The van der Waals surface area contributed by atoms with Crippen molar-refractivity contribution in [3.05, 3.63) is 46.0 Å². The van der Waals surface area contributed by atoms with Gasteiger partial charge in [-0.25, -0.2) is 0 Å². The van der Waals surface area contributed by atoms with Crippen LogP contribution in [0.4, 0.5) is 0 Å². The van der Waals surface area contributed by atoms with E-state index in [1.807, 2.05) is 32.0 Å². The molecule has 0 fully saturated rings. The van der Waals surface area contributed by atoms with Crippen LogP contribution in [0, 0.1) is 6.92 Å². The molecule has 1 aromatic carbocycles. The highest BCUT2D eigenvalue weighted by atomic mass is 79.9. The maximum Gasteiger partial charge on any atom is 0.251 e. The van der Waals surface area contributed by atoms with Gasteiger partial charge < -0.3 is 5.32 Å². The lowest BCUT2D eigenvalue weighted by molar-refractivity contribution is 0.0957. The summed E-state index contributed by atoms with van der Waals surface area (Å²) >= 11 is 3.40. The summed E-state index contributed by atoms with van der Waals surface area (Å²) in [5.41, 5.74) is 2.72. The zero-order valence-corrected chi connectivity index (χ0v) is 10.5. The number of aryl methyl sites for hydroxylation is 1. The zero-order valence-electron chi connectivity index (χ0n) is 8.93. The van der Waals surface area contributed by atoms with E-state index in [0.29, 0.717) is 12.1 Å². The van der Waals surface area contributed by atoms with Gasteiger partial charge in [0.1, 0.15) is 0 Å². The van der Waals surface area contributed by atoms with E-state index in [4.69, 9.17) is 0 Å². The van der Waals surface area contributed by atoms with Crippen LogP contribution in [0.1, 0.15) is 22.8 Å². The van der Waals surface area contributed by atoms with E-state index in [0.717, 1.165) is 15.6 Å². The third-order valence-electron chi connectivity index (χ3n) is 1.98. The van der Waals surface area contributed by atoms with Crippen molar-refractivity contribution in [3.8, 4) is 0 Å². The second-order valence-electron chi connectivity index (χ2n) is 3.60. The van der Waals surface area contributed by atoms with Gasteiger partial charge >= 0.3 is 0 Å². The number of carbonyl (C=O) groups is 1. The van der Waals surface area contributed by atoms with E-state index >= 15 is 0 Å². The molecule has 3 heteroatoms. The van der Waals surface area contributed by atoms with Crippen LogP contribution in [0.5, 0.6) is 0 Å².